The lowest BCUT2D eigenvalue weighted by molar-refractivity contribution is 0.580. The Bertz CT molecular complexity index is 931. The summed E-state index contributed by atoms with van der Waals surface area (Å²) in [5.41, 5.74) is 3.08. The Morgan fingerprint density at radius 3 is 2.67 bits per heavy atom. The molecule has 3 aromatic rings. The van der Waals surface area contributed by atoms with E-state index >= 15 is 0 Å². The third kappa shape index (κ3) is 3.58. The molecule has 0 spiro atoms. The number of aromatic nitrogens is 1. The average molecular weight is 345 g/mol. The van der Waals surface area contributed by atoms with E-state index in [0.29, 0.717) is 23.0 Å². The monoisotopic (exact) mass is 345 g/mol. The highest BCUT2D eigenvalue weighted by Gasteiger charge is 2.16. The van der Waals surface area contributed by atoms with Crippen molar-refractivity contribution in [1.29, 1.82) is 0 Å². The number of para-hydroxylation sites is 2. The van der Waals surface area contributed by atoms with E-state index in [4.69, 9.17) is 4.42 Å². The highest BCUT2D eigenvalue weighted by atomic mass is 32.2. The predicted octanol–water partition coefficient (Wildman–Crippen LogP) is 2.84. The topological polar surface area (TPSA) is 84.2 Å². The first kappa shape index (κ1) is 16.5. The number of rotatable bonds is 6. The third-order valence-electron chi connectivity index (χ3n) is 3.62. The van der Waals surface area contributed by atoms with Crippen LogP contribution in [0.25, 0.3) is 11.1 Å². The van der Waals surface area contributed by atoms with Crippen LogP contribution in [0.1, 0.15) is 11.1 Å². The fraction of sp³-hybridized carbons (Fsp3) is 0.235. The number of hydrogen-bond donors (Lipinski definition) is 2. The second kappa shape index (κ2) is 6.62. The first-order valence-corrected chi connectivity index (χ1v) is 9.10. The molecule has 0 saturated heterocycles. The maximum absolute atomic E-state index is 12.4. The van der Waals surface area contributed by atoms with Gasteiger partial charge in [-0.15, -0.1) is 0 Å². The Hall–Kier alpha value is -2.38. The number of nitrogens with zero attached hydrogens (tertiary/aromatic N) is 1. The SMILES string of the molecule is Cc1ccc(C)c(S(=O)(=O)NCCNc2nc3ccccc3o2)c1. The lowest BCUT2D eigenvalue weighted by Gasteiger charge is -2.10. The van der Waals surface area contributed by atoms with Gasteiger partial charge in [-0.1, -0.05) is 24.3 Å². The Kier molecular flexibility index (Phi) is 4.55. The molecule has 0 aliphatic carbocycles. The molecule has 0 unspecified atom stereocenters. The summed E-state index contributed by atoms with van der Waals surface area (Å²) in [6, 6.07) is 13.2. The van der Waals surface area contributed by atoms with Crippen LogP contribution in [0.3, 0.4) is 0 Å². The van der Waals surface area contributed by atoms with Crippen molar-refractivity contribution in [1.82, 2.24) is 9.71 Å². The smallest absolute Gasteiger partial charge is 0.295 e. The highest BCUT2D eigenvalue weighted by Crippen LogP contribution is 2.18. The zero-order valence-electron chi connectivity index (χ0n) is 13.5. The Labute approximate surface area is 141 Å². The van der Waals surface area contributed by atoms with Crippen LogP contribution in [0, 0.1) is 13.8 Å². The number of benzene rings is 2. The summed E-state index contributed by atoms with van der Waals surface area (Å²) in [7, 11) is -3.53. The van der Waals surface area contributed by atoms with Gasteiger partial charge in [-0.2, -0.15) is 4.98 Å². The van der Waals surface area contributed by atoms with Crippen LogP contribution in [0.4, 0.5) is 6.01 Å². The van der Waals surface area contributed by atoms with Gasteiger partial charge in [-0.05, 0) is 43.2 Å². The van der Waals surface area contributed by atoms with Crippen molar-refractivity contribution in [2.24, 2.45) is 0 Å². The number of oxazole rings is 1. The van der Waals surface area contributed by atoms with Crippen molar-refractivity contribution >= 4 is 27.1 Å². The van der Waals surface area contributed by atoms with Crippen LogP contribution in [-0.4, -0.2) is 26.5 Å². The predicted molar refractivity (Wildman–Crippen MR) is 93.6 cm³/mol. The van der Waals surface area contributed by atoms with E-state index in [-0.39, 0.29) is 6.54 Å². The minimum atomic E-state index is -3.53. The quantitative estimate of drug-likeness (QED) is 0.671. The molecule has 0 aliphatic rings. The molecule has 0 bridgehead atoms. The van der Waals surface area contributed by atoms with Gasteiger partial charge in [0.15, 0.2) is 5.58 Å². The van der Waals surface area contributed by atoms with Crippen LogP contribution < -0.4 is 10.0 Å². The molecule has 1 aromatic heterocycles. The van der Waals surface area contributed by atoms with Gasteiger partial charge in [0.05, 0.1) is 4.90 Å². The van der Waals surface area contributed by atoms with Gasteiger partial charge in [-0.3, -0.25) is 0 Å². The molecule has 0 aliphatic heterocycles. The molecular formula is C17H19N3O3S. The maximum atomic E-state index is 12.4. The largest absolute Gasteiger partial charge is 0.424 e. The first-order chi connectivity index (χ1) is 11.5. The number of aryl methyl sites for hydroxylation is 2. The summed E-state index contributed by atoms with van der Waals surface area (Å²) in [6.45, 7) is 4.25. The number of fused-ring (bicyclic) bond motifs is 1. The molecular weight excluding hydrogens is 326 g/mol. The van der Waals surface area contributed by atoms with Gasteiger partial charge in [0.2, 0.25) is 10.0 Å². The van der Waals surface area contributed by atoms with Crippen LogP contribution in [-0.2, 0) is 10.0 Å². The number of nitrogens with one attached hydrogen (secondary N) is 2. The van der Waals surface area contributed by atoms with Crippen molar-refractivity contribution in [3.8, 4) is 0 Å². The summed E-state index contributed by atoms with van der Waals surface area (Å²) in [5, 5.41) is 2.98. The molecule has 0 fully saturated rings. The summed E-state index contributed by atoms with van der Waals surface area (Å²) in [4.78, 5) is 4.59. The van der Waals surface area contributed by atoms with Crippen molar-refractivity contribution in [2.45, 2.75) is 18.7 Å². The second-order valence-electron chi connectivity index (χ2n) is 5.58. The Morgan fingerprint density at radius 2 is 1.88 bits per heavy atom. The van der Waals surface area contributed by atoms with Crippen molar-refractivity contribution in [3.63, 3.8) is 0 Å². The molecule has 1 heterocycles. The summed E-state index contributed by atoms with van der Waals surface area (Å²) >= 11 is 0. The molecule has 126 valence electrons. The van der Waals surface area contributed by atoms with Crippen molar-refractivity contribution < 1.29 is 12.8 Å². The highest BCUT2D eigenvalue weighted by molar-refractivity contribution is 7.89. The fourth-order valence-corrected chi connectivity index (χ4v) is 3.74. The minimum absolute atomic E-state index is 0.231. The zero-order chi connectivity index (χ0) is 17.2. The molecule has 2 N–H and O–H groups in total. The van der Waals surface area contributed by atoms with E-state index < -0.39 is 10.0 Å². The molecule has 3 rings (SSSR count). The number of sulfonamides is 1. The van der Waals surface area contributed by atoms with Gasteiger partial charge in [0.25, 0.3) is 6.01 Å². The fourth-order valence-electron chi connectivity index (χ4n) is 2.38. The molecule has 2 aromatic carbocycles. The summed E-state index contributed by atoms with van der Waals surface area (Å²) < 4.78 is 32.9. The van der Waals surface area contributed by atoms with Gasteiger partial charge in [-0.25, -0.2) is 13.1 Å². The van der Waals surface area contributed by atoms with Crippen LogP contribution >= 0.6 is 0 Å². The Morgan fingerprint density at radius 1 is 1.08 bits per heavy atom. The van der Waals surface area contributed by atoms with E-state index in [1.807, 2.05) is 37.3 Å². The molecule has 0 saturated carbocycles. The molecule has 0 amide bonds. The standard InChI is InChI=1S/C17H19N3O3S/c1-12-7-8-13(2)16(11-12)24(21,22)19-10-9-18-17-20-14-5-3-4-6-15(14)23-17/h3-8,11,19H,9-10H2,1-2H3,(H,18,20). The number of hydrogen-bond acceptors (Lipinski definition) is 5. The molecule has 0 atom stereocenters. The lowest BCUT2D eigenvalue weighted by Crippen LogP contribution is -2.29. The molecule has 6 nitrogen and oxygen atoms in total. The minimum Gasteiger partial charge on any atom is -0.424 e. The average Bonchev–Trinajstić information content (AvgIpc) is 2.96. The van der Waals surface area contributed by atoms with Gasteiger partial charge >= 0.3 is 0 Å². The zero-order valence-corrected chi connectivity index (χ0v) is 14.4. The molecule has 7 heteroatoms. The summed E-state index contributed by atoms with van der Waals surface area (Å²) in [5.74, 6) is 0. The first-order valence-electron chi connectivity index (χ1n) is 7.62. The van der Waals surface area contributed by atoms with Crippen LogP contribution in [0.5, 0.6) is 0 Å². The van der Waals surface area contributed by atoms with Crippen molar-refractivity contribution in [3.05, 3.63) is 53.6 Å². The Balaban J connectivity index is 1.60. The number of anilines is 1. The summed E-state index contributed by atoms with van der Waals surface area (Å²) in [6.07, 6.45) is 0. The van der Waals surface area contributed by atoms with E-state index in [2.05, 4.69) is 15.0 Å². The van der Waals surface area contributed by atoms with Crippen LogP contribution in [0.15, 0.2) is 51.8 Å². The third-order valence-corrected chi connectivity index (χ3v) is 5.22. The van der Waals surface area contributed by atoms with Crippen LogP contribution in [0.2, 0.25) is 0 Å². The molecule has 0 radical (unpaired) electrons. The second-order valence-corrected chi connectivity index (χ2v) is 7.32. The van der Waals surface area contributed by atoms with E-state index in [1.54, 1.807) is 19.1 Å². The normalized spacial score (nSPS) is 11.8. The van der Waals surface area contributed by atoms with Gasteiger partial charge in [0.1, 0.15) is 5.52 Å². The molecule has 24 heavy (non-hydrogen) atoms. The van der Waals surface area contributed by atoms with Crippen molar-refractivity contribution in [2.75, 3.05) is 18.4 Å². The van der Waals surface area contributed by atoms with E-state index in [9.17, 15) is 8.42 Å². The van der Waals surface area contributed by atoms with E-state index in [0.717, 1.165) is 16.6 Å². The lowest BCUT2D eigenvalue weighted by atomic mass is 10.2. The van der Waals surface area contributed by atoms with Gasteiger partial charge in [0, 0.05) is 13.1 Å². The van der Waals surface area contributed by atoms with Gasteiger partial charge < -0.3 is 9.73 Å². The van der Waals surface area contributed by atoms with E-state index in [1.165, 1.54) is 0 Å². The maximum Gasteiger partial charge on any atom is 0.295 e.